The molecule has 0 bridgehead atoms. The van der Waals surface area contributed by atoms with E-state index >= 15 is 0 Å². The minimum Gasteiger partial charge on any atom is -0.341 e. The number of anilines is 1. The summed E-state index contributed by atoms with van der Waals surface area (Å²) < 4.78 is 27.1. The van der Waals surface area contributed by atoms with Gasteiger partial charge in [-0.05, 0) is 37.1 Å². The number of benzene rings is 1. The summed E-state index contributed by atoms with van der Waals surface area (Å²) in [5, 5.41) is 0. The lowest BCUT2D eigenvalue weighted by Gasteiger charge is -2.30. The molecular formula is C15H16F2N4. The second-order valence-corrected chi connectivity index (χ2v) is 5.19. The number of aromatic nitrogens is 2. The maximum Gasteiger partial charge on any atom is 0.225 e. The van der Waals surface area contributed by atoms with E-state index in [0.29, 0.717) is 11.6 Å². The second kappa shape index (κ2) is 5.73. The van der Waals surface area contributed by atoms with Crippen molar-refractivity contribution in [2.45, 2.75) is 18.9 Å². The van der Waals surface area contributed by atoms with Crippen molar-refractivity contribution in [2.75, 3.05) is 18.0 Å². The average Bonchev–Trinajstić information content (AvgIpc) is 2.50. The molecule has 2 aromatic rings. The van der Waals surface area contributed by atoms with Crippen molar-refractivity contribution in [3.05, 3.63) is 42.1 Å². The molecule has 21 heavy (non-hydrogen) atoms. The molecule has 1 aliphatic heterocycles. The highest BCUT2D eigenvalue weighted by Crippen LogP contribution is 2.24. The monoisotopic (exact) mass is 290 g/mol. The first-order chi connectivity index (χ1) is 10.1. The molecule has 0 atom stereocenters. The fourth-order valence-electron chi connectivity index (χ4n) is 2.44. The quantitative estimate of drug-likeness (QED) is 0.922. The molecule has 0 saturated carbocycles. The van der Waals surface area contributed by atoms with Crippen LogP contribution in [0.15, 0.2) is 30.5 Å². The highest BCUT2D eigenvalue weighted by Gasteiger charge is 2.19. The van der Waals surface area contributed by atoms with E-state index in [1.807, 2.05) is 4.90 Å². The summed E-state index contributed by atoms with van der Waals surface area (Å²) in [5.74, 6) is -0.458. The van der Waals surface area contributed by atoms with Gasteiger partial charge in [0.05, 0.1) is 5.69 Å². The number of hydrogen-bond acceptors (Lipinski definition) is 4. The Morgan fingerprint density at radius 3 is 2.67 bits per heavy atom. The van der Waals surface area contributed by atoms with Gasteiger partial charge in [0, 0.05) is 30.9 Å². The van der Waals surface area contributed by atoms with E-state index in [9.17, 15) is 8.78 Å². The fraction of sp³-hybridized carbons (Fsp3) is 0.333. The smallest absolute Gasteiger partial charge is 0.225 e. The Labute approximate surface area is 121 Å². The molecular weight excluding hydrogens is 274 g/mol. The van der Waals surface area contributed by atoms with Crippen LogP contribution in [0.2, 0.25) is 0 Å². The van der Waals surface area contributed by atoms with Crippen LogP contribution < -0.4 is 10.6 Å². The summed E-state index contributed by atoms with van der Waals surface area (Å²) in [5.41, 5.74) is 6.40. The number of piperidine rings is 1. The maximum absolute atomic E-state index is 13.8. The lowest BCUT2D eigenvalue weighted by atomic mass is 10.1. The van der Waals surface area contributed by atoms with Gasteiger partial charge in [0.2, 0.25) is 5.95 Å². The van der Waals surface area contributed by atoms with Crippen molar-refractivity contribution < 1.29 is 8.78 Å². The Morgan fingerprint density at radius 1 is 1.14 bits per heavy atom. The van der Waals surface area contributed by atoms with Crippen molar-refractivity contribution in [1.29, 1.82) is 0 Å². The number of halogens is 2. The molecule has 6 heteroatoms. The molecule has 0 amide bonds. The molecule has 1 aromatic carbocycles. The average molecular weight is 290 g/mol. The summed E-state index contributed by atoms with van der Waals surface area (Å²) >= 11 is 0. The van der Waals surface area contributed by atoms with Gasteiger partial charge in [-0.15, -0.1) is 0 Å². The maximum atomic E-state index is 13.8. The van der Waals surface area contributed by atoms with Gasteiger partial charge in [-0.3, -0.25) is 0 Å². The molecule has 0 aliphatic carbocycles. The van der Waals surface area contributed by atoms with Gasteiger partial charge in [0.25, 0.3) is 0 Å². The van der Waals surface area contributed by atoms with E-state index in [1.54, 1.807) is 12.3 Å². The summed E-state index contributed by atoms with van der Waals surface area (Å²) in [4.78, 5) is 10.6. The highest BCUT2D eigenvalue weighted by atomic mass is 19.1. The highest BCUT2D eigenvalue weighted by molar-refractivity contribution is 5.61. The molecule has 110 valence electrons. The molecule has 2 heterocycles. The minimum absolute atomic E-state index is 0.146. The standard InChI is InChI=1S/C15H16F2N4/c16-10-1-2-13(17)12(9-10)14-3-6-19-15(20-14)21-7-4-11(18)5-8-21/h1-3,6,9,11H,4-5,7-8,18H2. The van der Waals surface area contributed by atoms with Crippen LogP contribution in [0.3, 0.4) is 0 Å². The van der Waals surface area contributed by atoms with Gasteiger partial charge in [-0.2, -0.15) is 0 Å². The van der Waals surface area contributed by atoms with Crippen LogP contribution in [-0.2, 0) is 0 Å². The van der Waals surface area contributed by atoms with E-state index < -0.39 is 11.6 Å². The first-order valence-corrected chi connectivity index (χ1v) is 6.92. The molecule has 1 fully saturated rings. The molecule has 2 N–H and O–H groups in total. The van der Waals surface area contributed by atoms with E-state index in [4.69, 9.17) is 5.73 Å². The van der Waals surface area contributed by atoms with Crippen molar-refractivity contribution in [1.82, 2.24) is 9.97 Å². The van der Waals surface area contributed by atoms with Crippen molar-refractivity contribution in [3.8, 4) is 11.3 Å². The van der Waals surface area contributed by atoms with Crippen LogP contribution in [0.4, 0.5) is 14.7 Å². The molecule has 0 spiro atoms. The lowest BCUT2D eigenvalue weighted by molar-refractivity contribution is 0.495. The van der Waals surface area contributed by atoms with E-state index in [1.165, 1.54) is 0 Å². The van der Waals surface area contributed by atoms with Crippen molar-refractivity contribution in [2.24, 2.45) is 5.73 Å². The van der Waals surface area contributed by atoms with Gasteiger partial charge in [0.15, 0.2) is 0 Å². The number of hydrogen-bond donors (Lipinski definition) is 1. The van der Waals surface area contributed by atoms with Gasteiger partial charge < -0.3 is 10.6 Å². The first-order valence-electron chi connectivity index (χ1n) is 6.92. The van der Waals surface area contributed by atoms with Gasteiger partial charge in [0.1, 0.15) is 11.6 Å². The Morgan fingerprint density at radius 2 is 1.90 bits per heavy atom. The Hall–Kier alpha value is -2.08. The fourth-order valence-corrected chi connectivity index (χ4v) is 2.44. The van der Waals surface area contributed by atoms with Crippen LogP contribution in [-0.4, -0.2) is 29.1 Å². The Balaban J connectivity index is 1.91. The molecule has 4 nitrogen and oxygen atoms in total. The zero-order chi connectivity index (χ0) is 14.8. The van der Waals surface area contributed by atoms with Crippen LogP contribution in [0, 0.1) is 11.6 Å². The first kappa shape index (κ1) is 13.9. The van der Waals surface area contributed by atoms with Crippen molar-refractivity contribution >= 4 is 5.95 Å². The van der Waals surface area contributed by atoms with Gasteiger partial charge in [-0.1, -0.05) is 0 Å². The summed E-state index contributed by atoms with van der Waals surface area (Å²) in [6.07, 6.45) is 3.32. The Kier molecular flexibility index (Phi) is 3.79. The third kappa shape index (κ3) is 3.00. The predicted octanol–water partition coefficient (Wildman–Crippen LogP) is 2.35. The summed E-state index contributed by atoms with van der Waals surface area (Å²) in [7, 11) is 0. The molecule has 1 aromatic heterocycles. The SMILES string of the molecule is NC1CCN(c2nccc(-c3cc(F)ccc3F)n2)CC1. The van der Waals surface area contributed by atoms with Gasteiger partial charge in [-0.25, -0.2) is 18.7 Å². The van der Waals surface area contributed by atoms with E-state index in [2.05, 4.69) is 9.97 Å². The van der Waals surface area contributed by atoms with Crippen LogP contribution in [0.25, 0.3) is 11.3 Å². The Bertz CT molecular complexity index is 639. The third-order valence-electron chi connectivity index (χ3n) is 3.67. The molecule has 0 unspecified atom stereocenters. The molecule has 0 radical (unpaired) electrons. The topological polar surface area (TPSA) is 55.0 Å². The lowest BCUT2D eigenvalue weighted by Crippen LogP contribution is -2.40. The zero-order valence-corrected chi connectivity index (χ0v) is 11.5. The largest absolute Gasteiger partial charge is 0.341 e. The minimum atomic E-state index is -0.498. The normalized spacial score (nSPS) is 16.2. The predicted molar refractivity (Wildman–Crippen MR) is 76.8 cm³/mol. The van der Waals surface area contributed by atoms with Crippen LogP contribution in [0.5, 0.6) is 0 Å². The molecule has 1 saturated heterocycles. The number of rotatable bonds is 2. The van der Waals surface area contributed by atoms with E-state index in [-0.39, 0.29) is 11.6 Å². The summed E-state index contributed by atoms with van der Waals surface area (Å²) in [6, 6.07) is 5.13. The number of nitrogens with two attached hydrogens (primary N) is 1. The summed E-state index contributed by atoms with van der Waals surface area (Å²) in [6.45, 7) is 1.55. The molecule has 1 aliphatic rings. The van der Waals surface area contributed by atoms with Gasteiger partial charge >= 0.3 is 0 Å². The van der Waals surface area contributed by atoms with Crippen LogP contribution in [0.1, 0.15) is 12.8 Å². The molecule has 3 rings (SSSR count). The third-order valence-corrected chi connectivity index (χ3v) is 3.67. The van der Waals surface area contributed by atoms with E-state index in [0.717, 1.165) is 44.1 Å². The zero-order valence-electron chi connectivity index (χ0n) is 11.5. The van der Waals surface area contributed by atoms with Crippen LogP contribution >= 0.6 is 0 Å². The second-order valence-electron chi connectivity index (χ2n) is 5.19. The van der Waals surface area contributed by atoms with Crippen molar-refractivity contribution in [3.63, 3.8) is 0 Å². The number of nitrogens with zero attached hydrogens (tertiary/aromatic N) is 3.